The fourth-order valence-corrected chi connectivity index (χ4v) is 1.17. The van der Waals surface area contributed by atoms with E-state index < -0.39 is 5.82 Å². The second-order valence-corrected chi connectivity index (χ2v) is 2.92. The van der Waals surface area contributed by atoms with Crippen molar-refractivity contribution in [1.82, 2.24) is 0 Å². The van der Waals surface area contributed by atoms with Crippen LogP contribution in [0.1, 0.15) is 5.56 Å². The minimum Gasteiger partial charge on any atom is -0.490 e. The number of nitrogens with two attached hydrogens (primary N) is 1. The summed E-state index contributed by atoms with van der Waals surface area (Å²) in [6.07, 6.45) is 0. The lowest BCUT2D eigenvalue weighted by Crippen LogP contribution is -2.11. The van der Waals surface area contributed by atoms with Gasteiger partial charge in [-0.2, -0.15) is 0 Å². The fourth-order valence-electron chi connectivity index (χ4n) is 1.17. The third-order valence-corrected chi connectivity index (χ3v) is 1.73. The Hall–Kier alpha value is -1.29. The molecular formula is C10H14FNO2. The maximum absolute atomic E-state index is 13.3. The lowest BCUT2D eigenvalue weighted by Gasteiger charge is -2.11. The van der Waals surface area contributed by atoms with Crippen LogP contribution < -0.4 is 15.2 Å². The van der Waals surface area contributed by atoms with Crippen molar-refractivity contribution in [2.75, 3.05) is 20.3 Å². The highest BCUT2D eigenvalue weighted by Crippen LogP contribution is 2.31. The van der Waals surface area contributed by atoms with E-state index in [-0.39, 0.29) is 5.75 Å². The van der Waals surface area contributed by atoms with Gasteiger partial charge in [0.25, 0.3) is 0 Å². The summed E-state index contributed by atoms with van der Waals surface area (Å²) in [7, 11) is 1.41. The van der Waals surface area contributed by atoms with Gasteiger partial charge in [0.05, 0.1) is 7.11 Å². The second kappa shape index (κ2) is 4.81. The molecule has 0 aliphatic heterocycles. The zero-order valence-electron chi connectivity index (χ0n) is 8.34. The average molecular weight is 199 g/mol. The van der Waals surface area contributed by atoms with Gasteiger partial charge in [-0.25, -0.2) is 4.39 Å². The number of benzene rings is 1. The Bertz CT molecular complexity index is 315. The normalized spacial score (nSPS) is 10.0. The molecule has 0 atom stereocenters. The quantitative estimate of drug-likeness (QED) is 0.798. The molecule has 14 heavy (non-hydrogen) atoms. The van der Waals surface area contributed by atoms with Gasteiger partial charge < -0.3 is 15.2 Å². The molecule has 0 aliphatic rings. The summed E-state index contributed by atoms with van der Waals surface area (Å²) in [5.41, 5.74) is 6.07. The molecule has 0 radical (unpaired) electrons. The van der Waals surface area contributed by atoms with Crippen molar-refractivity contribution in [2.45, 2.75) is 6.92 Å². The first-order chi connectivity index (χ1) is 6.69. The molecule has 0 unspecified atom stereocenters. The van der Waals surface area contributed by atoms with Crippen LogP contribution in [0.4, 0.5) is 4.39 Å². The third kappa shape index (κ3) is 2.35. The summed E-state index contributed by atoms with van der Waals surface area (Å²) in [6, 6.07) is 3.12. The van der Waals surface area contributed by atoms with Crippen LogP contribution >= 0.6 is 0 Å². The monoisotopic (exact) mass is 199 g/mol. The molecule has 0 saturated heterocycles. The van der Waals surface area contributed by atoms with Crippen molar-refractivity contribution in [3.05, 3.63) is 23.5 Å². The molecule has 0 aliphatic carbocycles. The molecule has 0 amide bonds. The van der Waals surface area contributed by atoms with Gasteiger partial charge in [-0.3, -0.25) is 0 Å². The molecule has 0 heterocycles. The molecule has 2 N–H and O–H groups in total. The van der Waals surface area contributed by atoms with Gasteiger partial charge in [0.15, 0.2) is 17.3 Å². The fraction of sp³-hybridized carbons (Fsp3) is 0.400. The van der Waals surface area contributed by atoms with E-state index in [4.69, 9.17) is 15.2 Å². The average Bonchev–Trinajstić information content (AvgIpc) is 2.14. The predicted octanol–water partition coefficient (Wildman–Crippen LogP) is 1.48. The van der Waals surface area contributed by atoms with E-state index in [2.05, 4.69) is 0 Å². The third-order valence-electron chi connectivity index (χ3n) is 1.73. The van der Waals surface area contributed by atoms with Crippen LogP contribution in [-0.2, 0) is 0 Å². The number of aryl methyl sites for hydroxylation is 1. The van der Waals surface area contributed by atoms with Crippen molar-refractivity contribution >= 4 is 0 Å². The Balaban J connectivity index is 2.99. The summed E-state index contributed by atoms with van der Waals surface area (Å²) in [5.74, 6) is 0.110. The molecule has 1 aromatic rings. The standard InChI is InChI=1S/C10H14FNO2/c1-7-5-8(11)10(13-2)9(6-7)14-4-3-12/h5-6H,3-4,12H2,1-2H3. The van der Waals surface area contributed by atoms with Gasteiger partial charge in [-0.05, 0) is 24.6 Å². The zero-order chi connectivity index (χ0) is 10.6. The molecule has 1 rings (SSSR count). The Labute approximate surface area is 82.6 Å². The van der Waals surface area contributed by atoms with Crippen LogP contribution in [0.5, 0.6) is 11.5 Å². The first kappa shape index (κ1) is 10.8. The Kier molecular flexibility index (Phi) is 3.71. The van der Waals surface area contributed by atoms with Gasteiger partial charge in [-0.1, -0.05) is 0 Å². The molecule has 3 nitrogen and oxygen atoms in total. The van der Waals surface area contributed by atoms with Gasteiger partial charge in [-0.15, -0.1) is 0 Å². The highest BCUT2D eigenvalue weighted by atomic mass is 19.1. The molecule has 0 spiro atoms. The van der Waals surface area contributed by atoms with Crippen molar-refractivity contribution < 1.29 is 13.9 Å². The highest BCUT2D eigenvalue weighted by Gasteiger charge is 2.10. The van der Waals surface area contributed by atoms with E-state index in [1.165, 1.54) is 13.2 Å². The Morgan fingerprint density at radius 3 is 2.71 bits per heavy atom. The molecule has 0 fully saturated rings. The minimum atomic E-state index is -0.417. The van der Waals surface area contributed by atoms with E-state index >= 15 is 0 Å². The van der Waals surface area contributed by atoms with Gasteiger partial charge in [0, 0.05) is 6.54 Å². The molecule has 0 bridgehead atoms. The Morgan fingerprint density at radius 1 is 1.43 bits per heavy atom. The van der Waals surface area contributed by atoms with Crippen molar-refractivity contribution in [2.24, 2.45) is 5.73 Å². The highest BCUT2D eigenvalue weighted by molar-refractivity contribution is 5.43. The van der Waals surface area contributed by atoms with Gasteiger partial charge in [0.2, 0.25) is 0 Å². The minimum absolute atomic E-state index is 0.129. The largest absolute Gasteiger partial charge is 0.490 e. The van der Waals surface area contributed by atoms with Crippen LogP contribution in [0.15, 0.2) is 12.1 Å². The number of ether oxygens (including phenoxy) is 2. The summed E-state index contributed by atoms with van der Waals surface area (Å²) in [5, 5.41) is 0. The molecule has 0 aromatic heterocycles. The summed E-state index contributed by atoms with van der Waals surface area (Å²) in [4.78, 5) is 0. The van der Waals surface area contributed by atoms with Gasteiger partial charge in [0.1, 0.15) is 6.61 Å². The lowest BCUT2D eigenvalue weighted by atomic mass is 10.2. The predicted molar refractivity (Wildman–Crippen MR) is 52.2 cm³/mol. The van der Waals surface area contributed by atoms with E-state index in [1.54, 1.807) is 13.0 Å². The van der Waals surface area contributed by atoms with Crippen LogP contribution in [0.2, 0.25) is 0 Å². The van der Waals surface area contributed by atoms with Crippen LogP contribution in [0.25, 0.3) is 0 Å². The van der Waals surface area contributed by atoms with Gasteiger partial charge >= 0.3 is 0 Å². The number of rotatable bonds is 4. The maximum atomic E-state index is 13.3. The SMILES string of the molecule is COc1c(F)cc(C)cc1OCCN. The van der Waals surface area contributed by atoms with E-state index in [0.29, 0.717) is 18.9 Å². The summed E-state index contributed by atoms with van der Waals surface area (Å²) in [6.45, 7) is 2.52. The van der Waals surface area contributed by atoms with E-state index in [0.717, 1.165) is 5.56 Å². The smallest absolute Gasteiger partial charge is 0.196 e. The molecular weight excluding hydrogens is 185 g/mol. The Morgan fingerprint density at radius 2 is 2.14 bits per heavy atom. The first-order valence-corrected chi connectivity index (χ1v) is 4.36. The van der Waals surface area contributed by atoms with Crippen LogP contribution in [0.3, 0.4) is 0 Å². The second-order valence-electron chi connectivity index (χ2n) is 2.92. The summed E-state index contributed by atoms with van der Waals surface area (Å²) < 4.78 is 23.4. The van der Waals surface area contributed by atoms with Crippen LogP contribution in [-0.4, -0.2) is 20.3 Å². The molecule has 78 valence electrons. The van der Waals surface area contributed by atoms with Crippen molar-refractivity contribution in [3.63, 3.8) is 0 Å². The maximum Gasteiger partial charge on any atom is 0.196 e. The summed E-state index contributed by atoms with van der Waals surface area (Å²) >= 11 is 0. The topological polar surface area (TPSA) is 44.5 Å². The number of hydrogen-bond acceptors (Lipinski definition) is 3. The number of halogens is 1. The molecule has 1 aromatic carbocycles. The van der Waals surface area contributed by atoms with E-state index in [9.17, 15) is 4.39 Å². The van der Waals surface area contributed by atoms with Crippen molar-refractivity contribution in [3.8, 4) is 11.5 Å². The lowest BCUT2D eigenvalue weighted by molar-refractivity contribution is 0.294. The first-order valence-electron chi connectivity index (χ1n) is 4.36. The number of methoxy groups -OCH3 is 1. The number of hydrogen-bond donors (Lipinski definition) is 1. The van der Waals surface area contributed by atoms with Crippen molar-refractivity contribution in [1.29, 1.82) is 0 Å². The zero-order valence-corrected chi connectivity index (χ0v) is 8.34. The molecule has 0 saturated carbocycles. The molecule has 4 heteroatoms. The van der Waals surface area contributed by atoms with E-state index in [1.807, 2.05) is 0 Å². The van der Waals surface area contributed by atoms with Crippen LogP contribution in [0, 0.1) is 12.7 Å².